The van der Waals surface area contributed by atoms with Crippen LogP contribution in [0.5, 0.6) is 0 Å². The molecule has 0 aromatic rings. The van der Waals surface area contributed by atoms with Crippen LogP contribution in [0.2, 0.25) is 0 Å². The number of hydrogen-bond donors (Lipinski definition) is 2. The number of nitrogens with zero attached hydrogens (tertiary/aromatic N) is 1. The summed E-state index contributed by atoms with van der Waals surface area (Å²) in [6.45, 7) is 5.92. The summed E-state index contributed by atoms with van der Waals surface area (Å²) in [5.41, 5.74) is -0.722. The van der Waals surface area contributed by atoms with Gasteiger partial charge < -0.3 is 5.11 Å². The molecule has 0 aromatic carbocycles. The van der Waals surface area contributed by atoms with Crippen molar-refractivity contribution in [2.75, 3.05) is 13.1 Å². The lowest BCUT2D eigenvalue weighted by molar-refractivity contribution is -0.147. The SMILES string of the molecule is CC(C)NC(CN1CCC2CCCCC21)(C(=O)O)C1CC1. The Kier molecular flexibility index (Phi) is 4.28. The van der Waals surface area contributed by atoms with Gasteiger partial charge in [0.15, 0.2) is 0 Å². The molecule has 1 heterocycles. The zero-order valence-corrected chi connectivity index (χ0v) is 13.5. The topological polar surface area (TPSA) is 52.6 Å². The van der Waals surface area contributed by atoms with E-state index in [4.69, 9.17) is 0 Å². The van der Waals surface area contributed by atoms with Gasteiger partial charge in [0.05, 0.1) is 0 Å². The van der Waals surface area contributed by atoms with E-state index < -0.39 is 11.5 Å². The van der Waals surface area contributed by atoms with Crippen LogP contribution in [-0.4, -0.2) is 46.7 Å². The first-order valence-corrected chi connectivity index (χ1v) is 8.78. The molecule has 2 saturated carbocycles. The summed E-state index contributed by atoms with van der Waals surface area (Å²) >= 11 is 0. The molecule has 3 rings (SSSR count). The van der Waals surface area contributed by atoms with Gasteiger partial charge in [-0.15, -0.1) is 0 Å². The molecule has 4 nitrogen and oxygen atoms in total. The van der Waals surface area contributed by atoms with Gasteiger partial charge in [0.2, 0.25) is 0 Å². The van der Waals surface area contributed by atoms with Gasteiger partial charge in [-0.2, -0.15) is 0 Å². The molecule has 0 radical (unpaired) electrons. The molecule has 0 bridgehead atoms. The van der Waals surface area contributed by atoms with Crippen molar-refractivity contribution in [3.05, 3.63) is 0 Å². The number of fused-ring (bicyclic) bond motifs is 1. The van der Waals surface area contributed by atoms with Gasteiger partial charge in [0.25, 0.3) is 0 Å². The highest BCUT2D eigenvalue weighted by Crippen LogP contribution is 2.43. The van der Waals surface area contributed by atoms with Crippen LogP contribution < -0.4 is 5.32 Å². The number of hydrogen-bond acceptors (Lipinski definition) is 3. The third-order valence-electron chi connectivity index (χ3n) is 5.78. The van der Waals surface area contributed by atoms with E-state index in [0.717, 1.165) is 25.3 Å². The quantitative estimate of drug-likeness (QED) is 0.790. The summed E-state index contributed by atoms with van der Waals surface area (Å²) in [5.74, 6) is 0.501. The molecule has 1 aliphatic heterocycles. The molecule has 3 unspecified atom stereocenters. The van der Waals surface area contributed by atoms with Gasteiger partial charge in [-0.05, 0) is 64.3 Å². The molecule has 3 fully saturated rings. The number of nitrogens with one attached hydrogen (secondary N) is 1. The van der Waals surface area contributed by atoms with E-state index in [9.17, 15) is 9.90 Å². The predicted octanol–water partition coefficient (Wildman–Crippen LogP) is 2.48. The summed E-state index contributed by atoms with van der Waals surface area (Å²) in [6.07, 6.45) is 8.70. The molecule has 3 aliphatic rings. The molecular weight excluding hydrogens is 264 g/mol. The largest absolute Gasteiger partial charge is 0.480 e. The Labute approximate surface area is 128 Å². The molecule has 0 amide bonds. The lowest BCUT2D eigenvalue weighted by Gasteiger charge is -2.40. The second-order valence-electron chi connectivity index (χ2n) is 7.72. The van der Waals surface area contributed by atoms with Crippen molar-refractivity contribution in [1.29, 1.82) is 0 Å². The molecule has 1 saturated heterocycles. The Morgan fingerprint density at radius 2 is 1.95 bits per heavy atom. The fraction of sp³-hybridized carbons (Fsp3) is 0.941. The van der Waals surface area contributed by atoms with Crippen molar-refractivity contribution in [2.24, 2.45) is 11.8 Å². The first kappa shape index (κ1) is 15.3. The Balaban J connectivity index is 1.76. The molecule has 3 atom stereocenters. The van der Waals surface area contributed by atoms with Crippen LogP contribution in [0.4, 0.5) is 0 Å². The highest BCUT2D eigenvalue weighted by molar-refractivity contribution is 5.80. The molecule has 2 N–H and O–H groups in total. The maximum absolute atomic E-state index is 12.1. The highest BCUT2D eigenvalue weighted by atomic mass is 16.4. The van der Waals surface area contributed by atoms with Gasteiger partial charge in [0, 0.05) is 18.6 Å². The molecule has 0 aromatic heterocycles. The van der Waals surface area contributed by atoms with E-state index in [1.165, 1.54) is 32.1 Å². The van der Waals surface area contributed by atoms with Crippen LogP contribution in [0.25, 0.3) is 0 Å². The van der Waals surface area contributed by atoms with Crippen LogP contribution in [-0.2, 0) is 4.79 Å². The average Bonchev–Trinajstić information content (AvgIpc) is 3.21. The first-order chi connectivity index (χ1) is 10.0. The summed E-state index contributed by atoms with van der Waals surface area (Å²) in [6, 6.07) is 0.858. The monoisotopic (exact) mass is 294 g/mol. The molecule has 2 aliphatic carbocycles. The van der Waals surface area contributed by atoms with Crippen molar-refractivity contribution in [3.63, 3.8) is 0 Å². The number of carboxylic acids is 1. The second kappa shape index (κ2) is 5.88. The molecule has 21 heavy (non-hydrogen) atoms. The number of carbonyl (C=O) groups is 1. The highest BCUT2D eigenvalue weighted by Gasteiger charge is 2.53. The second-order valence-corrected chi connectivity index (χ2v) is 7.72. The summed E-state index contributed by atoms with van der Waals surface area (Å²) in [5, 5.41) is 13.4. The normalized spacial score (nSPS) is 32.9. The fourth-order valence-corrected chi connectivity index (χ4v) is 4.71. The Morgan fingerprint density at radius 3 is 2.57 bits per heavy atom. The summed E-state index contributed by atoms with van der Waals surface area (Å²) in [4.78, 5) is 14.6. The number of carboxylic acid groups (broad SMARTS) is 1. The van der Waals surface area contributed by atoms with Gasteiger partial charge in [-0.3, -0.25) is 15.0 Å². The molecule has 0 spiro atoms. The Morgan fingerprint density at radius 1 is 1.24 bits per heavy atom. The van der Waals surface area contributed by atoms with Crippen molar-refractivity contribution >= 4 is 5.97 Å². The average molecular weight is 294 g/mol. The first-order valence-electron chi connectivity index (χ1n) is 8.78. The van der Waals surface area contributed by atoms with Crippen LogP contribution in [0.3, 0.4) is 0 Å². The van der Waals surface area contributed by atoms with E-state index in [-0.39, 0.29) is 6.04 Å². The summed E-state index contributed by atoms with van der Waals surface area (Å²) < 4.78 is 0. The third-order valence-corrected chi connectivity index (χ3v) is 5.78. The van der Waals surface area contributed by atoms with Crippen molar-refractivity contribution in [3.8, 4) is 0 Å². The van der Waals surface area contributed by atoms with E-state index in [1.54, 1.807) is 0 Å². The van der Waals surface area contributed by atoms with Crippen LogP contribution in [0, 0.1) is 11.8 Å². The lowest BCUT2D eigenvalue weighted by Crippen LogP contribution is -2.63. The molecule has 4 heteroatoms. The van der Waals surface area contributed by atoms with E-state index in [2.05, 4.69) is 24.1 Å². The van der Waals surface area contributed by atoms with Crippen molar-refractivity contribution in [2.45, 2.75) is 76.4 Å². The van der Waals surface area contributed by atoms with Crippen molar-refractivity contribution in [1.82, 2.24) is 10.2 Å². The number of aliphatic carboxylic acids is 1. The minimum atomic E-state index is -0.722. The van der Waals surface area contributed by atoms with Gasteiger partial charge in [-0.1, -0.05) is 12.8 Å². The van der Waals surface area contributed by atoms with Crippen LogP contribution in [0.1, 0.15) is 58.8 Å². The number of rotatable bonds is 6. The molecular formula is C17H30N2O2. The van der Waals surface area contributed by atoms with Gasteiger partial charge in [0.1, 0.15) is 5.54 Å². The third kappa shape index (κ3) is 2.98. The fourth-order valence-electron chi connectivity index (χ4n) is 4.71. The van der Waals surface area contributed by atoms with E-state index in [0.29, 0.717) is 18.5 Å². The van der Waals surface area contributed by atoms with Gasteiger partial charge in [-0.25, -0.2) is 0 Å². The smallest absolute Gasteiger partial charge is 0.325 e. The minimum Gasteiger partial charge on any atom is -0.480 e. The van der Waals surface area contributed by atoms with Gasteiger partial charge >= 0.3 is 5.97 Å². The maximum atomic E-state index is 12.1. The van der Waals surface area contributed by atoms with Crippen LogP contribution >= 0.6 is 0 Å². The van der Waals surface area contributed by atoms with E-state index in [1.807, 2.05) is 0 Å². The number of likely N-dealkylation sites (tertiary alicyclic amines) is 1. The standard InChI is InChI=1S/C17H30N2O2/c1-12(2)18-17(16(20)21,14-7-8-14)11-19-10-9-13-5-3-4-6-15(13)19/h12-15,18H,3-11H2,1-2H3,(H,20,21). The zero-order chi connectivity index (χ0) is 15.0. The van der Waals surface area contributed by atoms with Crippen molar-refractivity contribution < 1.29 is 9.90 Å². The zero-order valence-electron chi connectivity index (χ0n) is 13.5. The van der Waals surface area contributed by atoms with Crippen LogP contribution in [0.15, 0.2) is 0 Å². The Bertz CT molecular complexity index is 394. The predicted molar refractivity (Wildman–Crippen MR) is 83.3 cm³/mol. The van der Waals surface area contributed by atoms with E-state index >= 15 is 0 Å². The lowest BCUT2D eigenvalue weighted by atomic mass is 9.84. The Hall–Kier alpha value is -0.610. The maximum Gasteiger partial charge on any atom is 0.325 e. The minimum absolute atomic E-state index is 0.214. The summed E-state index contributed by atoms with van der Waals surface area (Å²) in [7, 11) is 0. The molecule has 120 valence electrons.